The van der Waals surface area contributed by atoms with Gasteiger partial charge in [-0.1, -0.05) is 0 Å². The minimum atomic E-state index is -0.436. The molecule has 1 fully saturated rings. The molecule has 0 unspecified atom stereocenters. The number of anilines is 1. The van der Waals surface area contributed by atoms with Gasteiger partial charge >= 0.3 is 0 Å². The highest BCUT2D eigenvalue weighted by Crippen LogP contribution is 2.11. The van der Waals surface area contributed by atoms with E-state index in [4.69, 9.17) is 5.73 Å². The summed E-state index contributed by atoms with van der Waals surface area (Å²) in [6, 6.07) is 3.55. The Morgan fingerprint density at radius 3 is 2.67 bits per heavy atom. The number of piperazine rings is 1. The number of carbonyl (C=O) groups is 1. The number of hydrogen-bond acceptors (Lipinski definition) is 4. The molecule has 0 spiro atoms. The number of hydrogen-bond donors (Lipinski definition) is 2. The van der Waals surface area contributed by atoms with Crippen molar-refractivity contribution in [3.8, 4) is 0 Å². The fourth-order valence-electron chi connectivity index (χ4n) is 1.61. The van der Waals surface area contributed by atoms with E-state index in [9.17, 15) is 4.79 Å². The first-order chi connectivity index (χ1) is 7.27. The van der Waals surface area contributed by atoms with Crippen molar-refractivity contribution in [2.45, 2.75) is 0 Å². The highest BCUT2D eigenvalue weighted by Gasteiger charge is 2.11. The molecule has 1 saturated heterocycles. The van der Waals surface area contributed by atoms with E-state index in [1.807, 2.05) is 6.07 Å². The van der Waals surface area contributed by atoms with Crippen LogP contribution in [0, 0.1) is 0 Å². The standard InChI is InChI=1S/C10H14N4O/c11-10(15)8-1-2-9(13-7-8)14-5-3-12-4-6-14/h1-2,7,12H,3-6H2,(H2,11,15). The molecule has 15 heavy (non-hydrogen) atoms. The van der Waals surface area contributed by atoms with E-state index in [0.29, 0.717) is 5.56 Å². The van der Waals surface area contributed by atoms with E-state index in [-0.39, 0.29) is 0 Å². The Labute approximate surface area is 88.3 Å². The predicted octanol–water partition coefficient (Wildman–Crippen LogP) is -0.410. The zero-order valence-corrected chi connectivity index (χ0v) is 8.44. The molecule has 1 amide bonds. The zero-order chi connectivity index (χ0) is 10.7. The quantitative estimate of drug-likeness (QED) is 0.690. The van der Waals surface area contributed by atoms with Gasteiger partial charge in [-0.3, -0.25) is 4.79 Å². The van der Waals surface area contributed by atoms with Crippen LogP contribution in [0.1, 0.15) is 10.4 Å². The number of carbonyl (C=O) groups excluding carboxylic acids is 1. The third kappa shape index (κ3) is 2.24. The Balaban J connectivity index is 2.11. The summed E-state index contributed by atoms with van der Waals surface area (Å²) >= 11 is 0. The van der Waals surface area contributed by atoms with Gasteiger partial charge in [0.15, 0.2) is 0 Å². The number of pyridine rings is 1. The van der Waals surface area contributed by atoms with Crippen LogP contribution in [0.15, 0.2) is 18.3 Å². The Morgan fingerprint density at radius 1 is 1.40 bits per heavy atom. The monoisotopic (exact) mass is 206 g/mol. The van der Waals surface area contributed by atoms with E-state index in [1.165, 1.54) is 6.20 Å². The van der Waals surface area contributed by atoms with E-state index >= 15 is 0 Å². The van der Waals surface area contributed by atoms with Gasteiger partial charge in [0.05, 0.1) is 5.56 Å². The van der Waals surface area contributed by atoms with E-state index < -0.39 is 5.91 Å². The summed E-state index contributed by atoms with van der Waals surface area (Å²) in [5.41, 5.74) is 5.59. The third-order valence-corrected chi connectivity index (χ3v) is 2.47. The van der Waals surface area contributed by atoms with Gasteiger partial charge in [-0.15, -0.1) is 0 Å². The van der Waals surface area contributed by atoms with Crippen LogP contribution in [0.2, 0.25) is 0 Å². The predicted molar refractivity (Wildman–Crippen MR) is 57.8 cm³/mol. The number of primary amides is 1. The van der Waals surface area contributed by atoms with Gasteiger partial charge in [0.1, 0.15) is 5.82 Å². The minimum absolute atomic E-state index is 0.436. The molecule has 1 aromatic heterocycles. The van der Waals surface area contributed by atoms with E-state index in [2.05, 4.69) is 15.2 Å². The van der Waals surface area contributed by atoms with Crippen molar-refractivity contribution in [2.24, 2.45) is 5.73 Å². The second-order valence-electron chi connectivity index (χ2n) is 3.51. The van der Waals surface area contributed by atoms with Crippen LogP contribution in [-0.4, -0.2) is 37.1 Å². The van der Waals surface area contributed by atoms with Gasteiger partial charge in [0.25, 0.3) is 0 Å². The lowest BCUT2D eigenvalue weighted by atomic mass is 10.2. The molecule has 80 valence electrons. The average Bonchev–Trinajstić information content (AvgIpc) is 2.30. The first-order valence-corrected chi connectivity index (χ1v) is 4.99. The van der Waals surface area contributed by atoms with Gasteiger partial charge in [-0.25, -0.2) is 4.98 Å². The highest BCUT2D eigenvalue weighted by atomic mass is 16.1. The summed E-state index contributed by atoms with van der Waals surface area (Å²) in [6.07, 6.45) is 1.53. The number of nitrogens with zero attached hydrogens (tertiary/aromatic N) is 2. The van der Waals surface area contributed by atoms with E-state index in [1.54, 1.807) is 6.07 Å². The summed E-state index contributed by atoms with van der Waals surface area (Å²) < 4.78 is 0. The Bertz CT molecular complexity index is 343. The van der Waals surface area contributed by atoms with Crippen LogP contribution in [0.25, 0.3) is 0 Å². The second-order valence-corrected chi connectivity index (χ2v) is 3.51. The Hall–Kier alpha value is -1.62. The molecule has 0 saturated carbocycles. The second kappa shape index (κ2) is 4.27. The summed E-state index contributed by atoms with van der Waals surface area (Å²) in [7, 11) is 0. The number of aromatic nitrogens is 1. The van der Waals surface area contributed by atoms with Crippen LogP contribution in [0.4, 0.5) is 5.82 Å². The topological polar surface area (TPSA) is 71.2 Å². The maximum atomic E-state index is 10.8. The normalized spacial score (nSPS) is 16.4. The average molecular weight is 206 g/mol. The third-order valence-electron chi connectivity index (χ3n) is 2.47. The van der Waals surface area contributed by atoms with Crippen LogP contribution >= 0.6 is 0 Å². The molecule has 1 aromatic rings. The summed E-state index contributed by atoms with van der Waals surface area (Å²) in [4.78, 5) is 17.2. The van der Waals surface area contributed by atoms with Crippen molar-refractivity contribution in [3.05, 3.63) is 23.9 Å². The van der Waals surface area contributed by atoms with Crippen LogP contribution < -0.4 is 16.0 Å². The lowest BCUT2D eigenvalue weighted by molar-refractivity contribution is 0.1000. The summed E-state index contributed by atoms with van der Waals surface area (Å²) in [6.45, 7) is 3.84. The maximum Gasteiger partial charge on any atom is 0.250 e. The number of amides is 1. The molecule has 0 aliphatic carbocycles. The molecule has 0 aromatic carbocycles. The lowest BCUT2D eigenvalue weighted by Crippen LogP contribution is -2.43. The summed E-state index contributed by atoms with van der Waals surface area (Å²) in [5, 5.41) is 3.27. The fourth-order valence-corrected chi connectivity index (χ4v) is 1.61. The number of nitrogens with one attached hydrogen (secondary N) is 1. The molecular formula is C10H14N4O. The van der Waals surface area contributed by atoms with Crippen molar-refractivity contribution in [2.75, 3.05) is 31.1 Å². The molecule has 2 rings (SSSR count). The van der Waals surface area contributed by atoms with Gasteiger partial charge in [-0.2, -0.15) is 0 Å². The van der Waals surface area contributed by atoms with Gasteiger partial charge < -0.3 is 16.0 Å². The van der Waals surface area contributed by atoms with Crippen molar-refractivity contribution in [1.82, 2.24) is 10.3 Å². The number of rotatable bonds is 2. The number of nitrogens with two attached hydrogens (primary N) is 1. The van der Waals surface area contributed by atoms with Gasteiger partial charge in [-0.05, 0) is 12.1 Å². The molecule has 2 heterocycles. The van der Waals surface area contributed by atoms with Gasteiger partial charge in [0, 0.05) is 32.4 Å². The molecule has 5 nitrogen and oxygen atoms in total. The van der Waals surface area contributed by atoms with Crippen molar-refractivity contribution in [3.63, 3.8) is 0 Å². The van der Waals surface area contributed by atoms with Crippen LogP contribution in [0.5, 0.6) is 0 Å². The molecule has 3 N–H and O–H groups in total. The first kappa shape index (κ1) is 9.92. The van der Waals surface area contributed by atoms with Crippen molar-refractivity contribution >= 4 is 11.7 Å². The molecule has 1 aliphatic heterocycles. The minimum Gasteiger partial charge on any atom is -0.366 e. The van der Waals surface area contributed by atoms with E-state index in [0.717, 1.165) is 32.0 Å². The fraction of sp³-hybridized carbons (Fsp3) is 0.400. The van der Waals surface area contributed by atoms with Crippen LogP contribution in [-0.2, 0) is 0 Å². The first-order valence-electron chi connectivity index (χ1n) is 4.99. The molecule has 5 heteroatoms. The van der Waals surface area contributed by atoms with Crippen molar-refractivity contribution < 1.29 is 4.79 Å². The molecular weight excluding hydrogens is 192 g/mol. The molecule has 1 aliphatic rings. The summed E-state index contributed by atoms with van der Waals surface area (Å²) in [5.74, 6) is 0.468. The molecule has 0 atom stereocenters. The highest BCUT2D eigenvalue weighted by molar-refractivity contribution is 5.92. The maximum absolute atomic E-state index is 10.8. The largest absolute Gasteiger partial charge is 0.366 e. The zero-order valence-electron chi connectivity index (χ0n) is 8.44. The smallest absolute Gasteiger partial charge is 0.250 e. The lowest BCUT2D eigenvalue weighted by Gasteiger charge is -2.28. The van der Waals surface area contributed by atoms with Crippen LogP contribution in [0.3, 0.4) is 0 Å². The molecule has 0 bridgehead atoms. The van der Waals surface area contributed by atoms with Crippen molar-refractivity contribution in [1.29, 1.82) is 0 Å². The Kier molecular flexibility index (Phi) is 2.82. The van der Waals surface area contributed by atoms with Gasteiger partial charge in [0.2, 0.25) is 5.91 Å². The Morgan fingerprint density at radius 2 is 2.13 bits per heavy atom. The molecule has 0 radical (unpaired) electrons. The SMILES string of the molecule is NC(=O)c1ccc(N2CCNCC2)nc1.